The highest BCUT2D eigenvalue weighted by atomic mass is 35.5. The van der Waals surface area contributed by atoms with Crippen molar-refractivity contribution < 1.29 is 19.4 Å². The Hall–Kier alpha value is -2.73. The summed E-state index contributed by atoms with van der Waals surface area (Å²) in [5.41, 5.74) is 4.49. The monoisotopic (exact) mass is 346 g/mol. The predicted molar refractivity (Wildman–Crippen MR) is 91.7 cm³/mol. The zero-order valence-corrected chi connectivity index (χ0v) is 13.4. The zero-order chi connectivity index (χ0) is 16.9. The van der Waals surface area contributed by atoms with Gasteiger partial charge in [0.2, 0.25) is 0 Å². The van der Waals surface area contributed by atoms with E-state index in [9.17, 15) is 4.79 Å². The first kappa shape index (κ1) is 16.1. The van der Waals surface area contributed by atoms with Crippen molar-refractivity contribution in [2.75, 3.05) is 18.6 Å². The van der Waals surface area contributed by atoms with Crippen molar-refractivity contribution in [1.29, 1.82) is 0 Å². The Morgan fingerprint density at radius 3 is 2.71 bits per heavy atom. The number of hydrogen-bond donors (Lipinski definition) is 2. The van der Waals surface area contributed by atoms with E-state index in [1.54, 1.807) is 24.4 Å². The molecule has 124 valence electrons. The van der Waals surface area contributed by atoms with Crippen molar-refractivity contribution in [2.45, 2.75) is 6.42 Å². The number of anilines is 1. The van der Waals surface area contributed by atoms with E-state index in [1.165, 1.54) is 12.1 Å². The highest BCUT2D eigenvalue weighted by molar-refractivity contribution is 6.32. The predicted octanol–water partition coefficient (Wildman–Crippen LogP) is 3.65. The minimum Gasteiger partial charge on any atom is -0.489 e. The van der Waals surface area contributed by atoms with Gasteiger partial charge in [0.25, 0.3) is 0 Å². The van der Waals surface area contributed by atoms with Crippen molar-refractivity contribution in [1.82, 2.24) is 0 Å². The molecule has 0 bridgehead atoms. The van der Waals surface area contributed by atoms with Crippen LogP contribution in [0.15, 0.2) is 41.5 Å². The van der Waals surface area contributed by atoms with Gasteiger partial charge in [-0.05, 0) is 42.0 Å². The van der Waals surface area contributed by atoms with Gasteiger partial charge in [-0.1, -0.05) is 11.6 Å². The molecule has 0 amide bonds. The van der Waals surface area contributed by atoms with Gasteiger partial charge < -0.3 is 14.6 Å². The fraction of sp³-hybridized carbons (Fsp3) is 0.176. The number of benzene rings is 2. The van der Waals surface area contributed by atoms with Gasteiger partial charge in [-0.15, -0.1) is 0 Å². The van der Waals surface area contributed by atoms with Crippen LogP contribution in [0.2, 0.25) is 5.02 Å². The number of ether oxygens (including phenoxy) is 2. The Kier molecular flexibility index (Phi) is 4.86. The first-order valence-electron chi connectivity index (χ1n) is 7.35. The van der Waals surface area contributed by atoms with Gasteiger partial charge in [0.1, 0.15) is 0 Å². The lowest BCUT2D eigenvalue weighted by atomic mass is 10.2. The maximum atomic E-state index is 10.8. The highest BCUT2D eigenvalue weighted by Crippen LogP contribution is 2.37. The van der Waals surface area contributed by atoms with Crippen LogP contribution in [0.4, 0.5) is 5.69 Å². The highest BCUT2D eigenvalue weighted by Gasteiger charge is 2.15. The van der Waals surface area contributed by atoms with Crippen LogP contribution in [-0.2, 0) is 0 Å². The fourth-order valence-electron chi connectivity index (χ4n) is 2.19. The van der Waals surface area contributed by atoms with Gasteiger partial charge in [0, 0.05) is 6.42 Å². The molecule has 2 aromatic rings. The van der Waals surface area contributed by atoms with Gasteiger partial charge in [0.05, 0.1) is 35.7 Å². The number of rotatable bonds is 4. The second-order valence-corrected chi connectivity index (χ2v) is 5.54. The summed E-state index contributed by atoms with van der Waals surface area (Å²) in [5.74, 6) is 0.197. The molecule has 2 aromatic carbocycles. The molecule has 1 aliphatic rings. The van der Waals surface area contributed by atoms with Crippen molar-refractivity contribution in [3.8, 4) is 11.5 Å². The molecule has 0 aromatic heterocycles. The molecule has 0 aliphatic carbocycles. The van der Waals surface area contributed by atoms with E-state index in [4.69, 9.17) is 26.2 Å². The molecule has 0 spiro atoms. The summed E-state index contributed by atoms with van der Waals surface area (Å²) in [6.45, 7) is 1.16. The number of fused-ring (bicyclic) bond motifs is 1. The maximum Gasteiger partial charge on any atom is 0.335 e. The van der Waals surface area contributed by atoms with Crippen molar-refractivity contribution in [3.05, 3.63) is 52.5 Å². The third-order valence-corrected chi connectivity index (χ3v) is 3.64. The van der Waals surface area contributed by atoms with E-state index in [-0.39, 0.29) is 5.56 Å². The van der Waals surface area contributed by atoms with Crippen LogP contribution >= 0.6 is 11.6 Å². The van der Waals surface area contributed by atoms with Crippen LogP contribution in [0.3, 0.4) is 0 Å². The molecule has 0 saturated carbocycles. The van der Waals surface area contributed by atoms with E-state index in [0.29, 0.717) is 35.4 Å². The molecule has 0 unspecified atom stereocenters. The average molecular weight is 347 g/mol. The van der Waals surface area contributed by atoms with E-state index < -0.39 is 5.97 Å². The smallest absolute Gasteiger partial charge is 0.335 e. The summed E-state index contributed by atoms with van der Waals surface area (Å²) in [5, 5.41) is 13.5. The molecule has 6 nitrogen and oxygen atoms in total. The van der Waals surface area contributed by atoms with Crippen LogP contribution in [0, 0.1) is 0 Å². The van der Waals surface area contributed by atoms with Gasteiger partial charge in [-0.2, -0.15) is 5.10 Å². The summed E-state index contributed by atoms with van der Waals surface area (Å²) < 4.78 is 11.2. The van der Waals surface area contributed by atoms with Gasteiger partial charge in [-0.3, -0.25) is 5.43 Å². The number of hydrogen-bond acceptors (Lipinski definition) is 5. The molecule has 24 heavy (non-hydrogen) atoms. The van der Waals surface area contributed by atoms with Crippen LogP contribution < -0.4 is 14.9 Å². The standard InChI is InChI=1S/C17H15ClN2O4/c18-14-8-11(9-15-16(14)24-7-1-6-23-15)10-19-20-13-4-2-12(3-5-13)17(21)22/h2-5,8-10,20H,1,6-7H2,(H,21,22)/b19-10-. The third-order valence-electron chi connectivity index (χ3n) is 3.36. The Morgan fingerprint density at radius 2 is 1.96 bits per heavy atom. The summed E-state index contributed by atoms with van der Waals surface area (Å²) in [4.78, 5) is 10.8. The molecule has 1 heterocycles. The van der Waals surface area contributed by atoms with Crippen LogP contribution in [0.1, 0.15) is 22.3 Å². The Bertz CT molecular complexity index is 775. The Balaban J connectivity index is 1.71. The first-order chi connectivity index (χ1) is 11.6. The number of hydrazone groups is 1. The minimum absolute atomic E-state index is 0.221. The lowest BCUT2D eigenvalue weighted by molar-refractivity contribution is 0.0697. The normalized spacial score (nSPS) is 13.5. The number of halogens is 1. The number of nitrogens with zero attached hydrogens (tertiary/aromatic N) is 1. The topological polar surface area (TPSA) is 80.2 Å². The van der Waals surface area contributed by atoms with Gasteiger partial charge in [-0.25, -0.2) is 4.79 Å². The van der Waals surface area contributed by atoms with Gasteiger partial charge >= 0.3 is 5.97 Å². The van der Waals surface area contributed by atoms with Gasteiger partial charge in [0.15, 0.2) is 11.5 Å². The van der Waals surface area contributed by atoms with Crippen LogP contribution in [0.25, 0.3) is 0 Å². The maximum absolute atomic E-state index is 10.8. The van der Waals surface area contributed by atoms with Crippen LogP contribution in [-0.4, -0.2) is 30.5 Å². The molecule has 0 atom stereocenters. The van der Waals surface area contributed by atoms with Crippen molar-refractivity contribution in [2.24, 2.45) is 5.10 Å². The Morgan fingerprint density at radius 1 is 1.21 bits per heavy atom. The quantitative estimate of drug-likeness (QED) is 0.652. The SMILES string of the molecule is O=C(O)c1ccc(N/N=C\c2cc(Cl)c3c(c2)OCCCO3)cc1. The molecular weight excluding hydrogens is 332 g/mol. The van der Waals surface area contributed by atoms with E-state index in [2.05, 4.69) is 10.5 Å². The zero-order valence-electron chi connectivity index (χ0n) is 12.7. The van der Waals surface area contributed by atoms with E-state index >= 15 is 0 Å². The van der Waals surface area contributed by atoms with E-state index in [0.717, 1.165) is 12.0 Å². The molecular formula is C17H15ClN2O4. The largest absolute Gasteiger partial charge is 0.489 e. The van der Waals surface area contributed by atoms with Crippen molar-refractivity contribution in [3.63, 3.8) is 0 Å². The fourth-order valence-corrected chi connectivity index (χ4v) is 2.47. The first-order valence-corrected chi connectivity index (χ1v) is 7.73. The summed E-state index contributed by atoms with van der Waals surface area (Å²) in [6, 6.07) is 9.85. The number of nitrogens with one attached hydrogen (secondary N) is 1. The van der Waals surface area contributed by atoms with E-state index in [1.807, 2.05) is 6.07 Å². The summed E-state index contributed by atoms with van der Waals surface area (Å²) in [6.07, 6.45) is 2.41. The molecule has 0 fully saturated rings. The summed E-state index contributed by atoms with van der Waals surface area (Å²) in [7, 11) is 0. The lowest BCUT2D eigenvalue weighted by Crippen LogP contribution is -1.97. The number of carbonyl (C=O) groups is 1. The second-order valence-electron chi connectivity index (χ2n) is 5.13. The van der Waals surface area contributed by atoms with Crippen molar-refractivity contribution >= 4 is 29.5 Å². The average Bonchev–Trinajstić information content (AvgIpc) is 2.81. The van der Waals surface area contributed by atoms with Crippen LogP contribution in [0.5, 0.6) is 11.5 Å². The molecule has 0 saturated heterocycles. The molecule has 7 heteroatoms. The number of carboxylic acids is 1. The minimum atomic E-state index is -0.966. The lowest BCUT2D eigenvalue weighted by Gasteiger charge is -2.09. The molecule has 3 rings (SSSR count). The summed E-state index contributed by atoms with van der Waals surface area (Å²) >= 11 is 6.22. The number of carboxylic acid groups (broad SMARTS) is 1. The molecule has 2 N–H and O–H groups in total. The number of aromatic carboxylic acids is 1. The molecule has 1 aliphatic heterocycles. The second kappa shape index (κ2) is 7.23. The Labute approximate surface area is 143 Å². The third kappa shape index (κ3) is 3.78. The molecule has 0 radical (unpaired) electrons.